The molecule has 1 saturated carbocycles. The summed E-state index contributed by atoms with van der Waals surface area (Å²) in [6.07, 6.45) is 5.44. The van der Waals surface area contributed by atoms with Crippen molar-refractivity contribution in [2.75, 3.05) is 14.2 Å². The monoisotopic (exact) mass is 278 g/mol. The van der Waals surface area contributed by atoms with E-state index in [1.807, 2.05) is 18.2 Å². The van der Waals surface area contributed by atoms with Gasteiger partial charge in [0, 0.05) is 5.56 Å². The van der Waals surface area contributed by atoms with Crippen LogP contribution in [0.5, 0.6) is 11.5 Å². The fourth-order valence-electron chi connectivity index (χ4n) is 3.24. The minimum atomic E-state index is -0.460. The Kier molecular flexibility index (Phi) is 5.30. The van der Waals surface area contributed by atoms with Crippen LogP contribution >= 0.6 is 0 Å². The molecule has 0 aliphatic heterocycles. The van der Waals surface area contributed by atoms with Gasteiger partial charge in [0.05, 0.1) is 20.3 Å². The first-order valence-corrected chi connectivity index (χ1v) is 7.59. The molecule has 112 valence electrons. The van der Waals surface area contributed by atoms with Crippen molar-refractivity contribution in [1.29, 1.82) is 0 Å². The second kappa shape index (κ2) is 6.98. The number of hydrogen-bond acceptors (Lipinski definition) is 3. The second-order valence-corrected chi connectivity index (χ2v) is 5.74. The van der Waals surface area contributed by atoms with Crippen LogP contribution in [-0.2, 0) is 0 Å². The van der Waals surface area contributed by atoms with Gasteiger partial charge in [0.1, 0.15) is 11.5 Å². The van der Waals surface area contributed by atoms with Crippen LogP contribution in [0.1, 0.15) is 50.7 Å². The maximum absolute atomic E-state index is 10.7. The van der Waals surface area contributed by atoms with Crippen LogP contribution in [0.2, 0.25) is 0 Å². The molecule has 2 rings (SSSR count). The molecule has 0 radical (unpaired) electrons. The van der Waals surface area contributed by atoms with E-state index in [1.54, 1.807) is 14.2 Å². The Balaban J connectivity index is 2.13. The first kappa shape index (κ1) is 15.2. The zero-order valence-electron chi connectivity index (χ0n) is 12.8. The number of aliphatic hydroxyl groups is 1. The molecule has 1 aromatic rings. The van der Waals surface area contributed by atoms with E-state index in [0.717, 1.165) is 35.8 Å². The van der Waals surface area contributed by atoms with Crippen molar-refractivity contribution in [3.8, 4) is 11.5 Å². The topological polar surface area (TPSA) is 38.7 Å². The molecule has 0 aromatic heterocycles. The summed E-state index contributed by atoms with van der Waals surface area (Å²) in [5.74, 6) is 2.68. The highest BCUT2D eigenvalue weighted by Crippen LogP contribution is 2.41. The van der Waals surface area contributed by atoms with Crippen LogP contribution in [0.4, 0.5) is 0 Å². The van der Waals surface area contributed by atoms with Crippen LogP contribution < -0.4 is 9.47 Å². The fraction of sp³-hybridized carbons (Fsp3) is 0.647. The van der Waals surface area contributed by atoms with Crippen LogP contribution in [0.3, 0.4) is 0 Å². The van der Waals surface area contributed by atoms with E-state index in [1.165, 1.54) is 19.3 Å². The molecule has 3 heteroatoms. The molecule has 1 unspecified atom stereocenters. The molecule has 0 amide bonds. The number of methoxy groups -OCH3 is 2. The normalized spacial score (nSPS) is 24.2. The number of ether oxygens (including phenoxy) is 2. The van der Waals surface area contributed by atoms with E-state index < -0.39 is 6.10 Å². The van der Waals surface area contributed by atoms with Gasteiger partial charge in [-0.15, -0.1) is 0 Å². The van der Waals surface area contributed by atoms with Gasteiger partial charge < -0.3 is 14.6 Å². The molecule has 1 aromatic carbocycles. The van der Waals surface area contributed by atoms with Gasteiger partial charge >= 0.3 is 0 Å². The predicted octanol–water partition coefficient (Wildman–Crippen LogP) is 3.95. The molecule has 1 aliphatic rings. The molecular weight excluding hydrogens is 252 g/mol. The van der Waals surface area contributed by atoms with Crippen molar-refractivity contribution >= 4 is 0 Å². The largest absolute Gasteiger partial charge is 0.497 e. The third-order valence-electron chi connectivity index (χ3n) is 4.67. The van der Waals surface area contributed by atoms with Crippen molar-refractivity contribution in [2.45, 2.75) is 45.1 Å². The Morgan fingerprint density at radius 2 is 1.85 bits per heavy atom. The SMILES string of the molecule is CCC1CCC(C(O)c2cc(OC)ccc2OC)CC1. The first-order valence-electron chi connectivity index (χ1n) is 7.59. The minimum Gasteiger partial charge on any atom is -0.497 e. The molecular formula is C17H26O3. The number of hydrogen-bond donors (Lipinski definition) is 1. The Morgan fingerprint density at radius 1 is 1.15 bits per heavy atom. The number of aliphatic hydroxyl groups excluding tert-OH is 1. The molecule has 0 heterocycles. The summed E-state index contributed by atoms with van der Waals surface area (Å²) in [5, 5.41) is 10.7. The van der Waals surface area contributed by atoms with Crippen LogP contribution in [0.15, 0.2) is 18.2 Å². The van der Waals surface area contributed by atoms with E-state index in [2.05, 4.69) is 6.92 Å². The Hall–Kier alpha value is -1.22. The number of benzene rings is 1. The summed E-state index contributed by atoms with van der Waals surface area (Å²) in [6, 6.07) is 5.63. The third kappa shape index (κ3) is 3.26. The van der Waals surface area contributed by atoms with Crippen molar-refractivity contribution in [2.24, 2.45) is 11.8 Å². The summed E-state index contributed by atoms with van der Waals surface area (Å²) in [7, 11) is 3.29. The maximum atomic E-state index is 10.7. The molecule has 20 heavy (non-hydrogen) atoms. The lowest BCUT2D eigenvalue weighted by Crippen LogP contribution is -2.20. The average Bonchev–Trinajstić information content (AvgIpc) is 2.53. The minimum absolute atomic E-state index is 0.332. The first-order chi connectivity index (χ1) is 9.69. The summed E-state index contributed by atoms with van der Waals surface area (Å²) in [6.45, 7) is 2.26. The van der Waals surface area contributed by atoms with Crippen molar-refractivity contribution in [3.63, 3.8) is 0 Å². The molecule has 1 atom stereocenters. The second-order valence-electron chi connectivity index (χ2n) is 5.74. The molecule has 1 fully saturated rings. The van der Waals surface area contributed by atoms with Gasteiger partial charge in [-0.3, -0.25) is 0 Å². The summed E-state index contributed by atoms with van der Waals surface area (Å²) >= 11 is 0. The Morgan fingerprint density at radius 3 is 2.40 bits per heavy atom. The van der Waals surface area contributed by atoms with Gasteiger partial charge in [0.25, 0.3) is 0 Å². The van der Waals surface area contributed by atoms with Crippen LogP contribution in [0, 0.1) is 11.8 Å². The summed E-state index contributed by atoms with van der Waals surface area (Å²) < 4.78 is 10.6. The van der Waals surface area contributed by atoms with Gasteiger partial charge in [-0.25, -0.2) is 0 Å². The van der Waals surface area contributed by atoms with Crippen molar-refractivity contribution < 1.29 is 14.6 Å². The zero-order chi connectivity index (χ0) is 14.5. The lowest BCUT2D eigenvalue weighted by Gasteiger charge is -2.31. The van der Waals surface area contributed by atoms with Crippen LogP contribution in [-0.4, -0.2) is 19.3 Å². The lowest BCUT2D eigenvalue weighted by atomic mass is 9.77. The van der Waals surface area contributed by atoms with Crippen molar-refractivity contribution in [1.82, 2.24) is 0 Å². The van der Waals surface area contributed by atoms with Gasteiger partial charge in [0.15, 0.2) is 0 Å². The van der Waals surface area contributed by atoms with Gasteiger partial charge in [-0.05, 0) is 42.9 Å². The number of rotatable bonds is 5. The maximum Gasteiger partial charge on any atom is 0.124 e. The molecule has 0 spiro atoms. The molecule has 0 saturated heterocycles. The molecule has 1 N–H and O–H groups in total. The highest BCUT2D eigenvalue weighted by Gasteiger charge is 2.28. The van der Waals surface area contributed by atoms with Gasteiger partial charge in [-0.1, -0.05) is 26.2 Å². The van der Waals surface area contributed by atoms with Gasteiger partial charge in [-0.2, -0.15) is 0 Å². The quantitative estimate of drug-likeness (QED) is 0.886. The summed E-state index contributed by atoms with van der Waals surface area (Å²) in [4.78, 5) is 0. The van der Waals surface area contributed by atoms with E-state index in [-0.39, 0.29) is 0 Å². The highest BCUT2D eigenvalue weighted by atomic mass is 16.5. The highest BCUT2D eigenvalue weighted by molar-refractivity contribution is 5.41. The van der Waals surface area contributed by atoms with E-state index in [9.17, 15) is 5.11 Å². The van der Waals surface area contributed by atoms with E-state index >= 15 is 0 Å². The smallest absolute Gasteiger partial charge is 0.124 e. The van der Waals surface area contributed by atoms with Gasteiger partial charge in [0.2, 0.25) is 0 Å². The van der Waals surface area contributed by atoms with E-state index in [0.29, 0.717) is 5.92 Å². The average molecular weight is 278 g/mol. The molecule has 3 nitrogen and oxygen atoms in total. The van der Waals surface area contributed by atoms with Crippen LogP contribution in [0.25, 0.3) is 0 Å². The van der Waals surface area contributed by atoms with E-state index in [4.69, 9.17) is 9.47 Å². The standard InChI is InChI=1S/C17H26O3/c1-4-12-5-7-13(8-6-12)17(18)15-11-14(19-2)9-10-16(15)20-3/h9-13,17-18H,4-8H2,1-3H3. The predicted molar refractivity (Wildman–Crippen MR) is 80.2 cm³/mol. The summed E-state index contributed by atoms with van der Waals surface area (Å²) in [5.41, 5.74) is 0.854. The van der Waals surface area contributed by atoms with Crippen molar-refractivity contribution in [3.05, 3.63) is 23.8 Å². The molecule has 0 bridgehead atoms. The lowest BCUT2D eigenvalue weighted by molar-refractivity contribution is 0.0707. The Bertz CT molecular complexity index is 422. The Labute approximate surface area is 121 Å². The zero-order valence-corrected chi connectivity index (χ0v) is 12.8. The molecule has 1 aliphatic carbocycles. The fourth-order valence-corrected chi connectivity index (χ4v) is 3.24. The third-order valence-corrected chi connectivity index (χ3v) is 4.67.